The monoisotopic (exact) mass is 362 g/mol. The molecule has 1 aliphatic rings. The number of fused-ring (bicyclic) bond motifs is 1. The Kier molecular flexibility index (Phi) is 5.21. The summed E-state index contributed by atoms with van der Waals surface area (Å²) in [5.41, 5.74) is 4.27. The zero-order chi connectivity index (χ0) is 18.6. The first-order valence-corrected chi connectivity index (χ1v) is 9.66. The van der Waals surface area contributed by atoms with Crippen LogP contribution in [0.3, 0.4) is 0 Å². The summed E-state index contributed by atoms with van der Waals surface area (Å²) in [5.74, 6) is 0.687. The van der Waals surface area contributed by atoms with Gasteiger partial charge in [0, 0.05) is 18.7 Å². The third-order valence-corrected chi connectivity index (χ3v) is 5.47. The fourth-order valence-corrected chi connectivity index (χ4v) is 3.74. The molecular weight excluding hydrogens is 336 g/mol. The molecule has 0 saturated carbocycles. The Hall–Kier alpha value is -2.66. The number of likely N-dealkylation sites (tertiary alicyclic amines) is 1. The fraction of sp³-hybridized carbons (Fsp3) is 0.364. The van der Waals surface area contributed by atoms with E-state index < -0.39 is 0 Å². The van der Waals surface area contributed by atoms with Crippen LogP contribution in [-0.4, -0.2) is 40.5 Å². The summed E-state index contributed by atoms with van der Waals surface area (Å²) in [6.45, 7) is 2.78. The third-order valence-electron chi connectivity index (χ3n) is 5.47. The predicted molar refractivity (Wildman–Crippen MR) is 108 cm³/mol. The normalized spacial score (nSPS) is 15.9. The fourth-order valence-electron chi connectivity index (χ4n) is 3.74. The van der Waals surface area contributed by atoms with Crippen LogP contribution in [0.2, 0.25) is 0 Å². The van der Waals surface area contributed by atoms with Gasteiger partial charge in [0.1, 0.15) is 6.33 Å². The number of hydrogen-bond donors (Lipinski definition) is 1. The predicted octanol–water partition coefficient (Wildman–Crippen LogP) is 3.37. The number of nitrogens with one attached hydrogen (secondary N) is 1. The molecule has 1 aromatic heterocycles. The first-order valence-electron chi connectivity index (χ1n) is 9.66. The first kappa shape index (κ1) is 17.7. The number of benzene rings is 2. The second-order valence-corrected chi connectivity index (χ2v) is 7.50. The quantitative estimate of drug-likeness (QED) is 0.757. The molecule has 0 atom stereocenters. The van der Waals surface area contributed by atoms with Crippen molar-refractivity contribution in [1.29, 1.82) is 0 Å². The Morgan fingerprint density at radius 2 is 1.85 bits per heavy atom. The Morgan fingerprint density at radius 3 is 2.63 bits per heavy atom. The molecule has 0 radical (unpaired) electrons. The number of rotatable bonds is 5. The number of carbonyl (C=O) groups is 1. The van der Waals surface area contributed by atoms with Crippen molar-refractivity contribution in [2.24, 2.45) is 5.92 Å². The molecule has 1 saturated heterocycles. The molecule has 27 heavy (non-hydrogen) atoms. The van der Waals surface area contributed by atoms with E-state index in [1.165, 1.54) is 0 Å². The van der Waals surface area contributed by atoms with Crippen LogP contribution in [0.15, 0.2) is 54.9 Å². The molecule has 1 amide bonds. The van der Waals surface area contributed by atoms with Crippen LogP contribution in [0.1, 0.15) is 24.8 Å². The lowest BCUT2D eigenvalue weighted by atomic mass is 9.93. The Balaban J connectivity index is 1.33. The average molecular weight is 362 g/mol. The molecule has 4 rings (SSSR count). The molecule has 0 unspecified atom stereocenters. The minimum absolute atomic E-state index is 0.161. The van der Waals surface area contributed by atoms with Gasteiger partial charge in [0.2, 0.25) is 5.91 Å². The lowest BCUT2D eigenvalue weighted by Gasteiger charge is -2.28. The van der Waals surface area contributed by atoms with Gasteiger partial charge in [-0.2, -0.15) is 0 Å². The number of carbonyl (C=O) groups excluding carboxylic acids is 1. The minimum atomic E-state index is 0.161. The van der Waals surface area contributed by atoms with Gasteiger partial charge in [-0.25, -0.2) is 4.98 Å². The number of para-hydroxylation sites is 2. The van der Waals surface area contributed by atoms with Crippen LogP contribution in [0.4, 0.5) is 0 Å². The van der Waals surface area contributed by atoms with E-state index in [4.69, 9.17) is 0 Å². The van der Waals surface area contributed by atoms with E-state index in [0.717, 1.165) is 48.2 Å². The second-order valence-electron chi connectivity index (χ2n) is 7.50. The first-order chi connectivity index (χ1) is 13.2. The molecule has 5 heteroatoms. The van der Waals surface area contributed by atoms with E-state index in [-0.39, 0.29) is 5.91 Å². The van der Waals surface area contributed by atoms with Crippen LogP contribution >= 0.6 is 0 Å². The highest BCUT2D eigenvalue weighted by Gasteiger charge is 2.19. The lowest BCUT2D eigenvalue weighted by Crippen LogP contribution is -2.33. The Bertz CT molecular complexity index is 907. The van der Waals surface area contributed by atoms with Crippen LogP contribution in [0, 0.1) is 5.92 Å². The number of amides is 1. The summed E-state index contributed by atoms with van der Waals surface area (Å²) < 4.78 is 2.08. The highest BCUT2D eigenvalue weighted by atomic mass is 16.1. The van der Waals surface area contributed by atoms with E-state index in [1.54, 1.807) is 0 Å². The molecule has 1 fully saturated rings. The average Bonchev–Trinajstić information content (AvgIpc) is 3.13. The van der Waals surface area contributed by atoms with Crippen molar-refractivity contribution < 1.29 is 4.79 Å². The summed E-state index contributed by atoms with van der Waals surface area (Å²) in [7, 11) is 2.15. The smallest absolute Gasteiger partial charge is 0.220 e. The number of piperidine rings is 1. The number of imidazole rings is 1. The van der Waals surface area contributed by atoms with Gasteiger partial charge in [0.15, 0.2) is 0 Å². The molecule has 3 aromatic rings. The van der Waals surface area contributed by atoms with Gasteiger partial charge in [0.05, 0.1) is 11.0 Å². The van der Waals surface area contributed by atoms with Crippen molar-refractivity contribution in [2.45, 2.75) is 25.8 Å². The Morgan fingerprint density at radius 1 is 1.11 bits per heavy atom. The molecule has 2 heterocycles. The molecule has 0 bridgehead atoms. The lowest BCUT2D eigenvalue weighted by molar-refractivity contribution is -0.122. The van der Waals surface area contributed by atoms with Crippen molar-refractivity contribution in [3.63, 3.8) is 0 Å². The van der Waals surface area contributed by atoms with Gasteiger partial charge < -0.3 is 10.2 Å². The number of aromatic nitrogens is 2. The highest BCUT2D eigenvalue weighted by molar-refractivity contribution is 5.77. The zero-order valence-electron chi connectivity index (χ0n) is 15.8. The van der Waals surface area contributed by atoms with E-state index >= 15 is 0 Å². The standard InChI is InChI=1S/C22H26N4O/c1-25-12-10-17(11-13-25)14-22(27)23-15-18-6-8-19(9-7-18)26-16-24-20-4-2-3-5-21(20)26/h2-9,16-17H,10-15H2,1H3,(H,23,27). The van der Waals surface area contributed by atoms with E-state index in [1.807, 2.05) is 24.5 Å². The topological polar surface area (TPSA) is 50.2 Å². The molecule has 5 nitrogen and oxygen atoms in total. The van der Waals surface area contributed by atoms with Crippen LogP contribution in [0.5, 0.6) is 0 Å². The third kappa shape index (κ3) is 4.19. The van der Waals surface area contributed by atoms with Crippen molar-refractivity contribution in [2.75, 3.05) is 20.1 Å². The van der Waals surface area contributed by atoms with Crippen molar-refractivity contribution in [3.8, 4) is 5.69 Å². The maximum atomic E-state index is 12.2. The summed E-state index contributed by atoms with van der Waals surface area (Å²) in [4.78, 5) is 19.0. The molecule has 1 N–H and O–H groups in total. The second kappa shape index (κ2) is 7.92. The SMILES string of the molecule is CN1CCC(CC(=O)NCc2ccc(-n3cnc4ccccc43)cc2)CC1. The molecular formula is C22H26N4O. The summed E-state index contributed by atoms with van der Waals surface area (Å²) in [6, 6.07) is 16.4. The minimum Gasteiger partial charge on any atom is -0.352 e. The maximum absolute atomic E-state index is 12.2. The maximum Gasteiger partial charge on any atom is 0.220 e. The van der Waals surface area contributed by atoms with Gasteiger partial charge in [0.25, 0.3) is 0 Å². The molecule has 140 valence electrons. The van der Waals surface area contributed by atoms with Gasteiger partial charge in [-0.1, -0.05) is 24.3 Å². The largest absolute Gasteiger partial charge is 0.352 e. The van der Waals surface area contributed by atoms with Crippen molar-refractivity contribution >= 4 is 16.9 Å². The summed E-state index contributed by atoms with van der Waals surface area (Å²) >= 11 is 0. The van der Waals surface area contributed by atoms with Crippen molar-refractivity contribution in [1.82, 2.24) is 19.8 Å². The molecule has 0 aliphatic carbocycles. The van der Waals surface area contributed by atoms with E-state index in [2.05, 4.69) is 57.1 Å². The van der Waals surface area contributed by atoms with Crippen molar-refractivity contribution in [3.05, 3.63) is 60.4 Å². The van der Waals surface area contributed by atoms with Gasteiger partial charge in [-0.3, -0.25) is 9.36 Å². The molecule has 0 spiro atoms. The molecule has 2 aromatic carbocycles. The number of hydrogen-bond acceptors (Lipinski definition) is 3. The Labute approximate surface area is 160 Å². The molecule has 1 aliphatic heterocycles. The highest BCUT2D eigenvalue weighted by Crippen LogP contribution is 2.20. The van der Waals surface area contributed by atoms with Gasteiger partial charge in [-0.15, -0.1) is 0 Å². The summed E-state index contributed by atoms with van der Waals surface area (Å²) in [6.07, 6.45) is 4.74. The van der Waals surface area contributed by atoms with E-state index in [9.17, 15) is 4.79 Å². The van der Waals surface area contributed by atoms with Crippen LogP contribution < -0.4 is 5.32 Å². The van der Waals surface area contributed by atoms with Crippen LogP contribution in [0.25, 0.3) is 16.7 Å². The number of nitrogens with zero attached hydrogens (tertiary/aromatic N) is 3. The van der Waals surface area contributed by atoms with Gasteiger partial charge >= 0.3 is 0 Å². The van der Waals surface area contributed by atoms with Crippen LogP contribution in [-0.2, 0) is 11.3 Å². The van der Waals surface area contributed by atoms with E-state index in [0.29, 0.717) is 18.9 Å². The summed E-state index contributed by atoms with van der Waals surface area (Å²) in [5, 5.41) is 3.07. The van der Waals surface area contributed by atoms with Gasteiger partial charge in [-0.05, 0) is 68.7 Å². The zero-order valence-corrected chi connectivity index (χ0v) is 15.8.